The van der Waals surface area contributed by atoms with Crippen LogP contribution in [-0.4, -0.2) is 13.1 Å². The Morgan fingerprint density at radius 1 is 1.46 bits per heavy atom. The van der Waals surface area contributed by atoms with Gasteiger partial charge in [0, 0.05) is 11.0 Å². The average Bonchev–Trinajstić information content (AvgIpc) is 2.56. The first-order valence-electron chi connectivity index (χ1n) is 4.74. The molecule has 0 amide bonds. The maximum absolute atomic E-state index is 3.63. The van der Waals surface area contributed by atoms with E-state index in [9.17, 15) is 0 Å². The summed E-state index contributed by atoms with van der Waals surface area (Å²) in [4.78, 5) is 0. The third-order valence-corrected chi connectivity index (χ3v) is 3.34. The Morgan fingerprint density at radius 3 is 2.92 bits per heavy atom. The summed E-state index contributed by atoms with van der Waals surface area (Å²) < 4.78 is 1.27. The molecular weight excluding hydrogens is 226 g/mol. The van der Waals surface area contributed by atoms with E-state index in [1.54, 1.807) is 0 Å². The minimum Gasteiger partial charge on any atom is -0.316 e. The molecule has 1 aromatic carbocycles. The van der Waals surface area contributed by atoms with Gasteiger partial charge in [-0.15, -0.1) is 0 Å². The third-order valence-electron chi connectivity index (χ3n) is 2.66. The molecular formula is C11H14BrN. The molecule has 2 heteroatoms. The Morgan fingerprint density at radius 2 is 2.31 bits per heavy atom. The van der Waals surface area contributed by atoms with Crippen LogP contribution in [0.1, 0.15) is 23.5 Å². The Kier molecular flexibility index (Phi) is 2.70. The van der Waals surface area contributed by atoms with Gasteiger partial charge in [-0.2, -0.15) is 0 Å². The lowest BCUT2D eigenvalue weighted by Crippen LogP contribution is -2.08. The van der Waals surface area contributed by atoms with Crippen molar-refractivity contribution in [1.29, 1.82) is 0 Å². The van der Waals surface area contributed by atoms with E-state index in [2.05, 4.69) is 46.4 Å². The van der Waals surface area contributed by atoms with Crippen molar-refractivity contribution < 1.29 is 0 Å². The van der Waals surface area contributed by atoms with E-state index in [1.165, 1.54) is 22.0 Å². The van der Waals surface area contributed by atoms with Crippen molar-refractivity contribution in [3.63, 3.8) is 0 Å². The topological polar surface area (TPSA) is 12.0 Å². The fourth-order valence-corrected chi connectivity index (χ4v) is 2.70. The Hall–Kier alpha value is -0.340. The Labute approximate surface area is 87.7 Å². The van der Waals surface area contributed by atoms with Gasteiger partial charge in [0.2, 0.25) is 0 Å². The first-order chi connectivity index (χ1) is 6.27. The molecule has 0 aliphatic carbocycles. The lowest BCUT2D eigenvalue weighted by Gasteiger charge is -2.11. The number of aryl methyl sites for hydroxylation is 1. The van der Waals surface area contributed by atoms with Gasteiger partial charge in [-0.1, -0.05) is 28.1 Å². The molecule has 1 aliphatic heterocycles. The van der Waals surface area contributed by atoms with Crippen LogP contribution in [0, 0.1) is 6.92 Å². The van der Waals surface area contributed by atoms with Gasteiger partial charge in [0.05, 0.1) is 0 Å². The highest BCUT2D eigenvalue weighted by atomic mass is 79.9. The maximum Gasteiger partial charge on any atom is 0.0213 e. The molecule has 2 rings (SSSR count). The molecule has 0 bridgehead atoms. The van der Waals surface area contributed by atoms with Crippen molar-refractivity contribution >= 4 is 15.9 Å². The van der Waals surface area contributed by atoms with Crippen LogP contribution < -0.4 is 5.32 Å². The van der Waals surface area contributed by atoms with Crippen LogP contribution in [0.15, 0.2) is 22.7 Å². The van der Waals surface area contributed by atoms with Gasteiger partial charge in [-0.3, -0.25) is 0 Å². The van der Waals surface area contributed by atoms with E-state index >= 15 is 0 Å². The zero-order valence-electron chi connectivity index (χ0n) is 7.81. The monoisotopic (exact) mass is 239 g/mol. The second kappa shape index (κ2) is 3.81. The van der Waals surface area contributed by atoms with Crippen LogP contribution in [0.25, 0.3) is 0 Å². The summed E-state index contributed by atoms with van der Waals surface area (Å²) in [6, 6.07) is 6.64. The Bertz CT molecular complexity index is 303. The summed E-state index contributed by atoms with van der Waals surface area (Å²) in [5, 5.41) is 3.39. The van der Waals surface area contributed by atoms with Gasteiger partial charge in [-0.05, 0) is 43.0 Å². The van der Waals surface area contributed by atoms with Crippen LogP contribution in [-0.2, 0) is 0 Å². The molecule has 13 heavy (non-hydrogen) atoms. The smallest absolute Gasteiger partial charge is 0.0213 e. The minimum atomic E-state index is 0.704. The number of rotatable bonds is 1. The number of halogens is 1. The molecule has 0 unspecified atom stereocenters. The van der Waals surface area contributed by atoms with Gasteiger partial charge < -0.3 is 5.32 Å². The van der Waals surface area contributed by atoms with Crippen LogP contribution >= 0.6 is 15.9 Å². The first-order valence-corrected chi connectivity index (χ1v) is 5.53. The molecule has 1 saturated heterocycles. The summed E-state index contributed by atoms with van der Waals surface area (Å²) in [5.74, 6) is 0.704. The van der Waals surface area contributed by atoms with Crippen molar-refractivity contribution in [2.24, 2.45) is 0 Å². The summed E-state index contributed by atoms with van der Waals surface area (Å²) in [6.07, 6.45) is 1.27. The van der Waals surface area contributed by atoms with E-state index in [-0.39, 0.29) is 0 Å². The van der Waals surface area contributed by atoms with Gasteiger partial charge >= 0.3 is 0 Å². The first kappa shape index (κ1) is 9.22. The largest absolute Gasteiger partial charge is 0.316 e. The SMILES string of the molecule is Cc1ccc([C@H]2CCNC2)c(Br)c1. The van der Waals surface area contributed by atoms with Crippen LogP contribution in [0.2, 0.25) is 0 Å². The van der Waals surface area contributed by atoms with Crippen molar-refractivity contribution in [1.82, 2.24) is 5.32 Å². The third kappa shape index (κ3) is 1.94. The average molecular weight is 240 g/mol. The molecule has 1 atom stereocenters. The van der Waals surface area contributed by atoms with E-state index < -0.39 is 0 Å². The van der Waals surface area contributed by atoms with Crippen LogP contribution in [0.5, 0.6) is 0 Å². The molecule has 1 aliphatic rings. The number of nitrogens with one attached hydrogen (secondary N) is 1. The molecule has 0 radical (unpaired) electrons. The summed E-state index contributed by atoms with van der Waals surface area (Å²) in [6.45, 7) is 4.41. The minimum absolute atomic E-state index is 0.704. The van der Waals surface area contributed by atoms with Gasteiger partial charge in [0.15, 0.2) is 0 Å². The molecule has 1 nitrogen and oxygen atoms in total. The zero-order chi connectivity index (χ0) is 9.26. The van der Waals surface area contributed by atoms with E-state index in [1.807, 2.05) is 0 Å². The van der Waals surface area contributed by atoms with E-state index in [0.29, 0.717) is 5.92 Å². The molecule has 1 fully saturated rings. The predicted octanol–water partition coefficient (Wildman–Crippen LogP) is 2.83. The van der Waals surface area contributed by atoms with Crippen molar-refractivity contribution in [2.45, 2.75) is 19.3 Å². The summed E-state index contributed by atoms with van der Waals surface area (Å²) in [5.41, 5.74) is 2.78. The number of hydrogen-bond acceptors (Lipinski definition) is 1. The molecule has 0 aromatic heterocycles. The molecule has 70 valence electrons. The van der Waals surface area contributed by atoms with Gasteiger partial charge in [-0.25, -0.2) is 0 Å². The lowest BCUT2D eigenvalue weighted by atomic mass is 9.98. The van der Waals surface area contributed by atoms with E-state index in [4.69, 9.17) is 0 Å². The van der Waals surface area contributed by atoms with Crippen LogP contribution in [0.4, 0.5) is 0 Å². The molecule has 1 N–H and O–H groups in total. The predicted molar refractivity (Wildman–Crippen MR) is 59.1 cm³/mol. The molecule has 1 heterocycles. The molecule has 0 saturated carbocycles. The highest BCUT2D eigenvalue weighted by Crippen LogP contribution is 2.29. The summed E-state index contributed by atoms with van der Waals surface area (Å²) in [7, 11) is 0. The van der Waals surface area contributed by atoms with Gasteiger partial charge in [0.1, 0.15) is 0 Å². The highest BCUT2D eigenvalue weighted by molar-refractivity contribution is 9.10. The quantitative estimate of drug-likeness (QED) is 0.795. The second-order valence-corrected chi connectivity index (χ2v) is 4.57. The fraction of sp³-hybridized carbons (Fsp3) is 0.455. The standard InChI is InChI=1S/C11H14BrN/c1-8-2-3-10(11(12)6-8)9-4-5-13-7-9/h2-3,6,9,13H,4-5,7H2,1H3/t9-/m0/s1. The van der Waals surface area contributed by atoms with Crippen molar-refractivity contribution in [2.75, 3.05) is 13.1 Å². The molecule has 1 aromatic rings. The van der Waals surface area contributed by atoms with Crippen molar-refractivity contribution in [3.05, 3.63) is 33.8 Å². The maximum atomic E-state index is 3.63. The number of benzene rings is 1. The zero-order valence-corrected chi connectivity index (χ0v) is 9.39. The van der Waals surface area contributed by atoms with E-state index in [0.717, 1.165) is 13.1 Å². The fourth-order valence-electron chi connectivity index (χ4n) is 1.88. The van der Waals surface area contributed by atoms with Gasteiger partial charge in [0.25, 0.3) is 0 Å². The van der Waals surface area contributed by atoms with Crippen molar-refractivity contribution in [3.8, 4) is 0 Å². The normalized spacial score (nSPS) is 22.2. The second-order valence-electron chi connectivity index (χ2n) is 3.71. The molecule has 0 spiro atoms. The summed E-state index contributed by atoms with van der Waals surface area (Å²) >= 11 is 3.63. The lowest BCUT2D eigenvalue weighted by molar-refractivity contribution is 0.759. The van der Waals surface area contributed by atoms with Crippen LogP contribution in [0.3, 0.4) is 0 Å². The Balaban J connectivity index is 2.29. The number of hydrogen-bond donors (Lipinski definition) is 1. The highest BCUT2D eigenvalue weighted by Gasteiger charge is 2.18.